The summed E-state index contributed by atoms with van der Waals surface area (Å²) in [6, 6.07) is 0. The van der Waals surface area contributed by atoms with Crippen molar-refractivity contribution in [2.75, 3.05) is 6.61 Å². The first-order valence-corrected chi connectivity index (χ1v) is 9.81. The van der Waals surface area contributed by atoms with Crippen molar-refractivity contribution in [2.45, 2.75) is 64.7 Å². The molecule has 1 aliphatic heterocycles. The summed E-state index contributed by atoms with van der Waals surface area (Å²) in [5, 5.41) is 25.2. The Kier molecular flexibility index (Phi) is 5.51. The Bertz CT molecular complexity index is 700. The first-order valence-electron chi connectivity index (χ1n) is 9.81. The summed E-state index contributed by atoms with van der Waals surface area (Å²) in [6.45, 7) is 7.29. The smallest absolute Gasteiger partial charge is 0.427 e. The molecule has 0 aromatic carbocycles. The van der Waals surface area contributed by atoms with Gasteiger partial charge < -0.3 is 14.9 Å². The molecule has 2 aliphatic carbocycles. The number of aliphatic hydroxyl groups excluding tert-OH is 2. The van der Waals surface area contributed by atoms with E-state index in [0.29, 0.717) is 18.6 Å². The second-order valence-electron chi connectivity index (χ2n) is 8.77. The van der Waals surface area contributed by atoms with E-state index in [1.807, 2.05) is 0 Å². The first-order chi connectivity index (χ1) is 13.1. The van der Waals surface area contributed by atoms with E-state index in [1.165, 1.54) is 4.90 Å². The number of aliphatic hydroxyl groups is 2. The lowest BCUT2D eigenvalue weighted by Gasteiger charge is -2.45. The van der Waals surface area contributed by atoms with Gasteiger partial charge in [0.25, 0.3) is 0 Å². The molecule has 0 aromatic heterocycles. The number of carbonyl (C=O) groups excluding carboxylic acids is 3. The van der Waals surface area contributed by atoms with Crippen LogP contribution in [0.1, 0.15) is 47.0 Å². The van der Waals surface area contributed by atoms with Crippen LogP contribution in [0.2, 0.25) is 0 Å². The molecule has 9 heteroatoms. The van der Waals surface area contributed by atoms with Crippen LogP contribution in [0.3, 0.4) is 0 Å². The monoisotopic (exact) mass is 395 g/mol. The fourth-order valence-corrected chi connectivity index (χ4v) is 4.94. The van der Waals surface area contributed by atoms with Crippen molar-refractivity contribution in [1.29, 1.82) is 0 Å². The summed E-state index contributed by atoms with van der Waals surface area (Å²) in [5.41, 5.74) is 2.17. The Morgan fingerprint density at radius 2 is 1.86 bits per heavy atom. The van der Waals surface area contributed by atoms with Crippen LogP contribution in [0.25, 0.3) is 0 Å². The van der Waals surface area contributed by atoms with Crippen LogP contribution in [0.4, 0.5) is 4.79 Å². The van der Waals surface area contributed by atoms with Crippen LogP contribution >= 0.6 is 0 Å². The van der Waals surface area contributed by atoms with Crippen LogP contribution in [0, 0.1) is 23.7 Å². The van der Waals surface area contributed by atoms with Crippen molar-refractivity contribution in [3.05, 3.63) is 0 Å². The van der Waals surface area contributed by atoms with E-state index < -0.39 is 41.6 Å². The van der Waals surface area contributed by atoms with Crippen molar-refractivity contribution < 1.29 is 29.3 Å². The number of rotatable bonds is 2. The Balaban J connectivity index is 1.91. The minimum atomic E-state index is -1.13. The predicted octanol–water partition coefficient (Wildman–Crippen LogP) is 0.640. The number of amides is 3. The highest BCUT2D eigenvalue weighted by Crippen LogP contribution is 2.50. The fraction of sp³-hybridized carbons (Fsp3) is 0.789. The summed E-state index contributed by atoms with van der Waals surface area (Å²) in [4.78, 5) is 38.9. The Labute approximate surface area is 164 Å². The number of carbonyl (C=O) groups is 3. The third kappa shape index (κ3) is 3.41. The van der Waals surface area contributed by atoms with Gasteiger partial charge in [0.2, 0.25) is 11.8 Å². The molecule has 0 unspecified atom stereocenters. The lowest BCUT2D eigenvalue weighted by molar-refractivity contribution is -0.146. The van der Waals surface area contributed by atoms with E-state index in [2.05, 4.69) is 10.5 Å². The third-order valence-electron chi connectivity index (χ3n) is 6.02. The molecule has 1 heterocycles. The highest BCUT2D eigenvalue weighted by Gasteiger charge is 2.61. The zero-order chi connectivity index (χ0) is 20.8. The van der Waals surface area contributed by atoms with E-state index in [4.69, 9.17) is 4.74 Å². The van der Waals surface area contributed by atoms with Crippen LogP contribution in [0.15, 0.2) is 5.10 Å². The zero-order valence-corrected chi connectivity index (χ0v) is 16.7. The van der Waals surface area contributed by atoms with Gasteiger partial charge in [-0.2, -0.15) is 5.10 Å². The number of nitrogens with zero attached hydrogens (tertiary/aromatic N) is 2. The summed E-state index contributed by atoms with van der Waals surface area (Å²) in [5.74, 6) is -2.61. The first kappa shape index (κ1) is 20.7. The number of nitrogens with one attached hydrogen (secondary N) is 1. The Morgan fingerprint density at radius 3 is 2.46 bits per heavy atom. The molecule has 0 radical (unpaired) electrons. The molecular formula is C19H29N3O6. The van der Waals surface area contributed by atoms with Gasteiger partial charge in [0.1, 0.15) is 0 Å². The van der Waals surface area contributed by atoms with Crippen LogP contribution in [-0.4, -0.2) is 63.1 Å². The minimum Gasteiger partial charge on any atom is -0.449 e. The van der Waals surface area contributed by atoms with Gasteiger partial charge in [-0.1, -0.05) is 0 Å². The van der Waals surface area contributed by atoms with Crippen LogP contribution in [0.5, 0.6) is 0 Å². The molecule has 2 saturated carbocycles. The average molecular weight is 395 g/mol. The molecule has 28 heavy (non-hydrogen) atoms. The number of ether oxygens (including phenoxy) is 1. The van der Waals surface area contributed by atoms with E-state index in [1.54, 1.807) is 27.7 Å². The maximum atomic E-state index is 13.1. The number of hydrogen-bond acceptors (Lipinski definition) is 7. The third-order valence-corrected chi connectivity index (χ3v) is 6.02. The minimum absolute atomic E-state index is 0.0945. The maximum Gasteiger partial charge on any atom is 0.427 e. The number of likely N-dealkylation sites (tertiary alicyclic amines) is 1. The average Bonchev–Trinajstić information content (AvgIpc) is 2.87. The van der Waals surface area contributed by atoms with Gasteiger partial charge in [0, 0.05) is 29.5 Å². The molecule has 9 nitrogen and oxygen atoms in total. The Morgan fingerprint density at radius 1 is 1.21 bits per heavy atom. The highest BCUT2D eigenvalue weighted by molar-refractivity contribution is 6.06. The number of imide groups is 1. The molecule has 3 aliphatic rings. The van der Waals surface area contributed by atoms with Crippen molar-refractivity contribution in [3.63, 3.8) is 0 Å². The molecule has 3 amide bonds. The highest BCUT2D eigenvalue weighted by atomic mass is 16.5. The van der Waals surface area contributed by atoms with Gasteiger partial charge in [-0.15, -0.1) is 0 Å². The lowest BCUT2D eigenvalue weighted by Crippen LogP contribution is -2.55. The number of fused-ring (bicyclic) bond motifs is 3. The molecule has 0 spiro atoms. The molecule has 6 atom stereocenters. The quantitative estimate of drug-likeness (QED) is 0.465. The van der Waals surface area contributed by atoms with Gasteiger partial charge >= 0.3 is 6.09 Å². The summed E-state index contributed by atoms with van der Waals surface area (Å²) >= 11 is 0. The topological polar surface area (TPSA) is 129 Å². The summed E-state index contributed by atoms with van der Waals surface area (Å²) in [6.07, 6.45) is -1.80. The van der Waals surface area contributed by atoms with E-state index in [-0.39, 0.29) is 30.8 Å². The van der Waals surface area contributed by atoms with Crippen molar-refractivity contribution in [3.8, 4) is 0 Å². The normalized spacial score (nSPS) is 36.9. The van der Waals surface area contributed by atoms with Crippen molar-refractivity contribution in [2.24, 2.45) is 28.8 Å². The molecule has 3 fully saturated rings. The van der Waals surface area contributed by atoms with E-state index in [0.717, 1.165) is 0 Å². The molecule has 3 N–H and O–H groups in total. The molecule has 3 rings (SSSR count). The summed E-state index contributed by atoms with van der Waals surface area (Å²) < 4.78 is 4.79. The zero-order valence-electron chi connectivity index (χ0n) is 16.7. The van der Waals surface area contributed by atoms with Gasteiger partial charge in [-0.05, 0) is 40.5 Å². The van der Waals surface area contributed by atoms with Crippen LogP contribution < -0.4 is 5.43 Å². The van der Waals surface area contributed by atoms with Crippen molar-refractivity contribution >= 4 is 23.6 Å². The Hall–Kier alpha value is -2.00. The standard InChI is InChI=1S/C19H29N3O6/c1-5-28-18(27)21-20-11-8-12(23)15(24)13-9(11)6-7-10-14(13)17(26)22(16(10)25)19(2,3)4/h9-10,12-15,23-24H,5-8H2,1-4H3,(H,21,27)/t9-,10+,12+,13-,14+,15+/m0/s1. The fourth-order valence-electron chi connectivity index (χ4n) is 4.94. The summed E-state index contributed by atoms with van der Waals surface area (Å²) in [7, 11) is 0. The molecule has 0 bridgehead atoms. The maximum absolute atomic E-state index is 13.1. The van der Waals surface area contributed by atoms with Gasteiger partial charge in [0.15, 0.2) is 0 Å². The van der Waals surface area contributed by atoms with Gasteiger partial charge in [0.05, 0.1) is 30.7 Å². The van der Waals surface area contributed by atoms with Crippen molar-refractivity contribution in [1.82, 2.24) is 10.3 Å². The molecule has 156 valence electrons. The molecular weight excluding hydrogens is 366 g/mol. The lowest BCUT2D eigenvalue weighted by atomic mass is 9.60. The largest absolute Gasteiger partial charge is 0.449 e. The van der Waals surface area contributed by atoms with Crippen LogP contribution in [-0.2, 0) is 14.3 Å². The molecule has 1 saturated heterocycles. The second kappa shape index (κ2) is 7.44. The van der Waals surface area contributed by atoms with Gasteiger partial charge in [-0.25, -0.2) is 10.2 Å². The molecule has 0 aromatic rings. The predicted molar refractivity (Wildman–Crippen MR) is 99.0 cm³/mol. The van der Waals surface area contributed by atoms with Gasteiger partial charge in [-0.3, -0.25) is 14.5 Å². The van der Waals surface area contributed by atoms with E-state index >= 15 is 0 Å². The number of hydrazone groups is 1. The second-order valence-corrected chi connectivity index (χ2v) is 8.77. The number of hydrogen-bond donors (Lipinski definition) is 3. The SMILES string of the molecule is CCOC(=O)NN=C1C[C@@H](O)[C@@H](O)[C@@H]2[C@@H]3C(=O)N(C(C)(C)C)C(=O)[C@@H]3CC[C@@H]12. The van der Waals surface area contributed by atoms with E-state index in [9.17, 15) is 24.6 Å².